The van der Waals surface area contributed by atoms with Gasteiger partial charge in [-0.05, 0) is 27.2 Å². The molecule has 80 valence electrons. The number of nitriles is 1. The predicted molar refractivity (Wildman–Crippen MR) is 53.5 cm³/mol. The summed E-state index contributed by atoms with van der Waals surface area (Å²) in [7, 11) is 1.47. The van der Waals surface area contributed by atoms with Crippen molar-refractivity contribution in [2.45, 2.75) is 45.3 Å². The Labute approximate surface area is 85.2 Å². The number of nitrogens with zero attached hydrogens (tertiary/aromatic N) is 1. The van der Waals surface area contributed by atoms with Crippen molar-refractivity contribution >= 4 is 5.91 Å². The number of rotatable bonds is 4. The number of carbonyl (C=O) groups is 1. The number of hydrogen-bond acceptors (Lipinski definition) is 3. The summed E-state index contributed by atoms with van der Waals surface area (Å²) in [5.41, 5.74) is -1.71. The Kier molecular flexibility index (Phi) is 4.08. The van der Waals surface area contributed by atoms with Crippen molar-refractivity contribution in [2.24, 2.45) is 0 Å². The standard InChI is InChI=1S/C10H18N2O2/c1-6-10(4,7-11)12-8(13)9(2,3)14-5/h6H2,1-5H3,(H,12,13). The Balaban J connectivity index is 4.56. The fraction of sp³-hybridized carbons (Fsp3) is 0.800. The molecule has 0 rings (SSSR count). The Morgan fingerprint density at radius 1 is 1.50 bits per heavy atom. The van der Waals surface area contributed by atoms with Gasteiger partial charge in [-0.2, -0.15) is 5.26 Å². The molecule has 0 bridgehead atoms. The molecular weight excluding hydrogens is 180 g/mol. The topological polar surface area (TPSA) is 62.1 Å². The first-order valence-corrected chi connectivity index (χ1v) is 4.60. The van der Waals surface area contributed by atoms with E-state index in [1.807, 2.05) is 6.92 Å². The zero-order chi connectivity index (χ0) is 11.4. The molecule has 1 N–H and O–H groups in total. The maximum atomic E-state index is 11.6. The highest BCUT2D eigenvalue weighted by Gasteiger charge is 2.33. The average Bonchev–Trinajstić information content (AvgIpc) is 2.17. The van der Waals surface area contributed by atoms with Gasteiger partial charge in [-0.1, -0.05) is 6.92 Å². The zero-order valence-corrected chi connectivity index (χ0v) is 9.47. The van der Waals surface area contributed by atoms with Crippen LogP contribution in [0.3, 0.4) is 0 Å². The molecule has 0 aliphatic rings. The van der Waals surface area contributed by atoms with Crippen molar-refractivity contribution < 1.29 is 9.53 Å². The molecule has 14 heavy (non-hydrogen) atoms. The second kappa shape index (κ2) is 4.43. The third-order valence-corrected chi connectivity index (χ3v) is 2.40. The van der Waals surface area contributed by atoms with Gasteiger partial charge in [-0.3, -0.25) is 4.79 Å². The van der Waals surface area contributed by atoms with E-state index in [1.54, 1.807) is 20.8 Å². The van der Waals surface area contributed by atoms with Gasteiger partial charge in [0.25, 0.3) is 5.91 Å². The lowest BCUT2D eigenvalue weighted by Crippen LogP contribution is -2.52. The van der Waals surface area contributed by atoms with E-state index in [1.165, 1.54) is 7.11 Å². The molecule has 1 atom stereocenters. The third-order valence-electron chi connectivity index (χ3n) is 2.40. The maximum absolute atomic E-state index is 11.6. The largest absolute Gasteiger partial charge is 0.369 e. The van der Waals surface area contributed by atoms with Crippen LogP contribution in [-0.2, 0) is 9.53 Å². The fourth-order valence-corrected chi connectivity index (χ4v) is 0.689. The first kappa shape index (κ1) is 12.9. The lowest BCUT2D eigenvalue weighted by molar-refractivity contribution is -0.140. The lowest BCUT2D eigenvalue weighted by Gasteiger charge is -2.28. The molecule has 0 saturated carbocycles. The summed E-state index contributed by atoms with van der Waals surface area (Å²) in [6.45, 7) is 6.87. The van der Waals surface area contributed by atoms with Crippen LogP contribution in [0.1, 0.15) is 34.1 Å². The Hall–Kier alpha value is -1.08. The second-order valence-electron chi connectivity index (χ2n) is 3.97. The average molecular weight is 198 g/mol. The predicted octanol–water partition coefficient (Wildman–Crippen LogP) is 1.22. The number of carbonyl (C=O) groups excluding carboxylic acids is 1. The molecule has 0 saturated heterocycles. The van der Waals surface area contributed by atoms with E-state index in [0.29, 0.717) is 6.42 Å². The first-order chi connectivity index (χ1) is 6.31. The van der Waals surface area contributed by atoms with Gasteiger partial charge in [0.15, 0.2) is 0 Å². The molecule has 4 heteroatoms. The van der Waals surface area contributed by atoms with Crippen LogP contribution >= 0.6 is 0 Å². The number of methoxy groups -OCH3 is 1. The van der Waals surface area contributed by atoms with Gasteiger partial charge in [0.2, 0.25) is 0 Å². The van der Waals surface area contributed by atoms with Crippen molar-refractivity contribution in [2.75, 3.05) is 7.11 Å². The molecule has 1 amide bonds. The number of hydrogen-bond donors (Lipinski definition) is 1. The Bertz CT molecular complexity index is 255. The summed E-state index contributed by atoms with van der Waals surface area (Å²) in [6, 6.07) is 2.07. The van der Waals surface area contributed by atoms with E-state index in [0.717, 1.165) is 0 Å². The smallest absolute Gasteiger partial charge is 0.252 e. The molecule has 0 spiro atoms. The van der Waals surface area contributed by atoms with Crippen LogP contribution in [0, 0.1) is 11.3 Å². The van der Waals surface area contributed by atoms with Crippen LogP contribution < -0.4 is 5.32 Å². The summed E-state index contributed by atoms with van der Waals surface area (Å²) in [4.78, 5) is 11.6. The van der Waals surface area contributed by atoms with Crippen LogP contribution in [0.2, 0.25) is 0 Å². The number of nitrogens with one attached hydrogen (secondary N) is 1. The minimum atomic E-state index is -0.896. The van der Waals surface area contributed by atoms with E-state index >= 15 is 0 Å². The van der Waals surface area contributed by atoms with Gasteiger partial charge in [-0.25, -0.2) is 0 Å². The van der Waals surface area contributed by atoms with Crippen LogP contribution in [0.15, 0.2) is 0 Å². The van der Waals surface area contributed by atoms with Crippen molar-refractivity contribution in [3.8, 4) is 6.07 Å². The summed E-state index contributed by atoms with van der Waals surface area (Å²) in [6.07, 6.45) is 0.565. The number of amides is 1. The first-order valence-electron chi connectivity index (χ1n) is 4.60. The monoisotopic (exact) mass is 198 g/mol. The highest BCUT2D eigenvalue weighted by molar-refractivity contribution is 5.85. The van der Waals surface area contributed by atoms with E-state index in [2.05, 4.69) is 11.4 Å². The van der Waals surface area contributed by atoms with Gasteiger partial charge < -0.3 is 10.1 Å². The molecule has 0 aliphatic carbocycles. The van der Waals surface area contributed by atoms with E-state index in [4.69, 9.17) is 10.00 Å². The zero-order valence-electron chi connectivity index (χ0n) is 9.47. The van der Waals surface area contributed by atoms with E-state index in [-0.39, 0.29) is 5.91 Å². The van der Waals surface area contributed by atoms with Gasteiger partial charge in [0.05, 0.1) is 6.07 Å². The molecule has 0 radical (unpaired) electrons. The quantitative estimate of drug-likeness (QED) is 0.738. The van der Waals surface area contributed by atoms with Gasteiger partial charge in [0, 0.05) is 7.11 Å². The van der Waals surface area contributed by atoms with Crippen LogP contribution in [0.4, 0.5) is 0 Å². The SMILES string of the molecule is CCC(C)(C#N)NC(=O)C(C)(C)OC. The molecule has 0 aromatic rings. The molecular formula is C10H18N2O2. The van der Waals surface area contributed by atoms with Crippen molar-refractivity contribution in [1.82, 2.24) is 5.32 Å². The molecule has 0 fully saturated rings. The highest BCUT2D eigenvalue weighted by Crippen LogP contribution is 2.13. The molecule has 0 aromatic carbocycles. The molecule has 0 heterocycles. The minimum absolute atomic E-state index is 0.272. The minimum Gasteiger partial charge on any atom is -0.369 e. The van der Waals surface area contributed by atoms with E-state index in [9.17, 15) is 4.79 Å². The normalized spacial score (nSPS) is 15.4. The van der Waals surface area contributed by atoms with Crippen molar-refractivity contribution in [1.29, 1.82) is 5.26 Å². The van der Waals surface area contributed by atoms with Gasteiger partial charge in [0.1, 0.15) is 11.1 Å². The van der Waals surface area contributed by atoms with Gasteiger partial charge in [-0.15, -0.1) is 0 Å². The highest BCUT2D eigenvalue weighted by atomic mass is 16.5. The molecule has 4 nitrogen and oxygen atoms in total. The molecule has 1 unspecified atom stereocenters. The molecule has 0 aliphatic heterocycles. The summed E-state index contributed by atoms with van der Waals surface area (Å²) in [5.74, 6) is -0.272. The Morgan fingerprint density at radius 3 is 2.29 bits per heavy atom. The maximum Gasteiger partial charge on any atom is 0.252 e. The number of ether oxygens (including phenoxy) is 1. The van der Waals surface area contributed by atoms with E-state index < -0.39 is 11.1 Å². The molecule has 0 aromatic heterocycles. The summed E-state index contributed by atoms with van der Waals surface area (Å²) < 4.78 is 5.01. The lowest BCUT2D eigenvalue weighted by atomic mass is 9.99. The summed E-state index contributed by atoms with van der Waals surface area (Å²) >= 11 is 0. The third kappa shape index (κ3) is 3.00. The van der Waals surface area contributed by atoms with Crippen molar-refractivity contribution in [3.05, 3.63) is 0 Å². The summed E-state index contributed by atoms with van der Waals surface area (Å²) in [5, 5.41) is 11.5. The van der Waals surface area contributed by atoms with Gasteiger partial charge >= 0.3 is 0 Å². The Morgan fingerprint density at radius 2 is 2.00 bits per heavy atom. The second-order valence-corrected chi connectivity index (χ2v) is 3.97. The van der Waals surface area contributed by atoms with Crippen LogP contribution in [0.5, 0.6) is 0 Å². The fourth-order valence-electron chi connectivity index (χ4n) is 0.689. The van der Waals surface area contributed by atoms with Crippen LogP contribution in [0.25, 0.3) is 0 Å². The van der Waals surface area contributed by atoms with Crippen molar-refractivity contribution in [3.63, 3.8) is 0 Å². The van der Waals surface area contributed by atoms with Crippen LogP contribution in [-0.4, -0.2) is 24.2 Å².